The molecule has 0 aromatic rings. The van der Waals surface area contributed by atoms with E-state index in [0.29, 0.717) is 19.3 Å². The summed E-state index contributed by atoms with van der Waals surface area (Å²) < 4.78 is 5.70. The second-order valence-electron chi connectivity index (χ2n) is 4.82. The van der Waals surface area contributed by atoms with Crippen LogP contribution in [0.2, 0.25) is 0 Å². The average molecular weight is 258 g/mol. The molecular weight excluding hydrogens is 232 g/mol. The lowest BCUT2D eigenvalue weighted by Gasteiger charge is -2.15. The zero-order valence-corrected chi connectivity index (χ0v) is 11.3. The normalized spacial score (nSPS) is 17.7. The van der Waals surface area contributed by atoms with Crippen LogP contribution < -0.4 is 10.6 Å². The summed E-state index contributed by atoms with van der Waals surface area (Å²) in [4.78, 5) is 11.4. The third kappa shape index (κ3) is 6.21. The predicted octanol–water partition coefficient (Wildman–Crippen LogP) is 1.41. The largest absolute Gasteiger partial charge is 0.394 e. The number of amides is 2. The van der Waals surface area contributed by atoms with Crippen molar-refractivity contribution in [2.75, 3.05) is 19.8 Å². The molecule has 106 valence electrons. The Labute approximate surface area is 109 Å². The van der Waals surface area contributed by atoms with E-state index >= 15 is 0 Å². The Morgan fingerprint density at radius 1 is 1.44 bits per heavy atom. The number of nitrogens with one attached hydrogen (secondary N) is 2. The lowest BCUT2D eigenvalue weighted by molar-refractivity contribution is 0.0571. The molecule has 0 spiro atoms. The lowest BCUT2D eigenvalue weighted by Crippen LogP contribution is -2.43. The topological polar surface area (TPSA) is 70.6 Å². The third-order valence-corrected chi connectivity index (χ3v) is 3.31. The van der Waals surface area contributed by atoms with E-state index in [9.17, 15) is 4.79 Å². The van der Waals surface area contributed by atoms with Gasteiger partial charge in [-0.25, -0.2) is 4.79 Å². The first kappa shape index (κ1) is 15.2. The number of ether oxygens (including phenoxy) is 1. The van der Waals surface area contributed by atoms with Crippen LogP contribution in [0.4, 0.5) is 4.79 Å². The molecular formula is C13H26N2O3. The standard InChI is InChI=1S/C13H26N2O3/c1-2-11(10-16)15-13(17)14-8-5-9-18-12-6-3-4-7-12/h11-12,16H,2-10H2,1H3,(H2,14,15,17). The van der Waals surface area contributed by atoms with Gasteiger partial charge in [0.05, 0.1) is 18.8 Å². The number of carbonyl (C=O) groups excluding carboxylic acids is 1. The Kier molecular flexibility index (Phi) is 7.76. The Hall–Kier alpha value is -0.810. The summed E-state index contributed by atoms with van der Waals surface area (Å²) in [7, 11) is 0. The molecule has 0 aromatic heterocycles. The molecule has 1 aliphatic carbocycles. The third-order valence-electron chi connectivity index (χ3n) is 3.31. The van der Waals surface area contributed by atoms with Crippen LogP contribution in [-0.4, -0.2) is 43.0 Å². The molecule has 3 N–H and O–H groups in total. The number of rotatable bonds is 8. The minimum absolute atomic E-state index is 0.0191. The molecule has 0 radical (unpaired) electrons. The molecule has 5 heteroatoms. The van der Waals surface area contributed by atoms with Crippen molar-refractivity contribution < 1.29 is 14.6 Å². The van der Waals surface area contributed by atoms with Gasteiger partial charge in [0.15, 0.2) is 0 Å². The SMILES string of the molecule is CCC(CO)NC(=O)NCCCOC1CCCC1. The van der Waals surface area contributed by atoms with Gasteiger partial charge >= 0.3 is 6.03 Å². The maximum Gasteiger partial charge on any atom is 0.315 e. The smallest absolute Gasteiger partial charge is 0.315 e. The highest BCUT2D eigenvalue weighted by molar-refractivity contribution is 5.74. The first-order chi connectivity index (χ1) is 8.76. The van der Waals surface area contributed by atoms with E-state index in [1.165, 1.54) is 25.7 Å². The zero-order valence-electron chi connectivity index (χ0n) is 11.3. The summed E-state index contributed by atoms with van der Waals surface area (Å²) in [5.74, 6) is 0. The van der Waals surface area contributed by atoms with Crippen molar-refractivity contribution in [1.82, 2.24) is 10.6 Å². The average Bonchev–Trinajstić information content (AvgIpc) is 2.88. The summed E-state index contributed by atoms with van der Waals surface area (Å²) >= 11 is 0. The van der Waals surface area contributed by atoms with E-state index in [2.05, 4.69) is 10.6 Å². The quantitative estimate of drug-likeness (QED) is 0.576. The summed E-state index contributed by atoms with van der Waals surface area (Å²) in [6.45, 7) is 3.23. The lowest BCUT2D eigenvalue weighted by atomic mass is 10.2. The highest BCUT2D eigenvalue weighted by atomic mass is 16.5. The van der Waals surface area contributed by atoms with Crippen molar-refractivity contribution in [3.05, 3.63) is 0 Å². The van der Waals surface area contributed by atoms with Gasteiger partial charge in [-0.1, -0.05) is 19.8 Å². The highest BCUT2D eigenvalue weighted by Crippen LogP contribution is 2.20. The van der Waals surface area contributed by atoms with Crippen molar-refractivity contribution in [3.8, 4) is 0 Å². The molecule has 1 rings (SSSR count). The van der Waals surface area contributed by atoms with Crippen molar-refractivity contribution in [2.45, 2.75) is 57.6 Å². The number of hydrogen-bond donors (Lipinski definition) is 3. The van der Waals surface area contributed by atoms with Gasteiger partial charge in [0, 0.05) is 13.2 Å². The molecule has 1 saturated carbocycles. The van der Waals surface area contributed by atoms with Crippen LogP contribution in [0.5, 0.6) is 0 Å². The van der Waals surface area contributed by atoms with Gasteiger partial charge in [0.1, 0.15) is 0 Å². The monoisotopic (exact) mass is 258 g/mol. The summed E-state index contributed by atoms with van der Waals surface area (Å²) in [6, 6.07) is -0.364. The van der Waals surface area contributed by atoms with Crippen molar-refractivity contribution in [1.29, 1.82) is 0 Å². The first-order valence-corrected chi connectivity index (χ1v) is 7.03. The Balaban J connectivity index is 1.94. The van der Waals surface area contributed by atoms with Gasteiger partial charge in [-0.15, -0.1) is 0 Å². The molecule has 2 amide bonds. The first-order valence-electron chi connectivity index (χ1n) is 7.03. The second kappa shape index (κ2) is 9.16. The van der Waals surface area contributed by atoms with E-state index in [4.69, 9.17) is 9.84 Å². The Bertz CT molecular complexity index is 226. The molecule has 1 aliphatic rings. The maximum absolute atomic E-state index is 11.4. The highest BCUT2D eigenvalue weighted by Gasteiger charge is 2.14. The fraction of sp³-hybridized carbons (Fsp3) is 0.923. The predicted molar refractivity (Wildman–Crippen MR) is 70.5 cm³/mol. The maximum atomic E-state index is 11.4. The van der Waals surface area contributed by atoms with Gasteiger partial charge in [0.25, 0.3) is 0 Å². The number of aliphatic hydroxyl groups is 1. The van der Waals surface area contributed by atoms with Crippen molar-refractivity contribution >= 4 is 6.03 Å². The fourth-order valence-electron chi connectivity index (χ4n) is 2.09. The van der Waals surface area contributed by atoms with Crippen LogP contribution in [0.15, 0.2) is 0 Å². The number of aliphatic hydroxyl groups excluding tert-OH is 1. The molecule has 1 atom stereocenters. The Morgan fingerprint density at radius 3 is 2.78 bits per heavy atom. The number of hydrogen-bond acceptors (Lipinski definition) is 3. The molecule has 0 aromatic carbocycles. The fourth-order valence-corrected chi connectivity index (χ4v) is 2.09. The van der Waals surface area contributed by atoms with E-state index in [1.807, 2.05) is 6.92 Å². The van der Waals surface area contributed by atoms with Crippen LogP contribution in [0.3, 0.4) is 0 Å². The van der Waals surface area contributed by atoms with Gasteiger partial charge < -0.3 is 20.5 Å². The molecule has 0 aliphatic heterocycles. The minimum Gasteiger partial charge on any atom is -0.394 e. The number of carbonyl (C=O) groups is 1. The van der Waals surface area contributed by atoms with Gasteiger partial charge in [-0.2, -0.15) is 0 Å². The van der Waals surface area contributed by atoms with E-state index in [-0.39, 0.29) is 18.7 Å². The molecule has 0 saturated heterocycles. The minimum atomic E-state index is -0.211. The summed E-state index contributed by atoms with van der Waals surface area (Å²) in [6.07, 6.45) is 6.94. The van der Waals surface area contributed by atoms with Crippen LogP contribution >= 0.6 is 0 Å². The Morgan fingerprint density at radius 2 is 2.17 bits per heavy atom. The van der Waals surface area contributed by atoms with Gasteiger partial charge in [-0.3, -0.25) is 0 Å². The van der Waals surface area contributed by atoms with Crippen LogP contribution in [0.25, 0.3) is 0 Å². The summed E-state index contributed by atoms with van der Waals surface area (Å²) in [5.41, 5.74) is 0. The van der Waals surface area contributed by atoms with Crippen molar-refractivity contribution in [2.24, 2.45) is 0 Å². The summed E-state index contributed by atoms with van der Waals surface area (Å²) in [5, 5.41) is 14.4. The van der Waals surface area contributed by atoms with Crippen LogP contribution in [0.1, 0.15) is 45.4 Å². The molecule has 1 fully saturated rings. The second-order valence-corrected chi connectivity index (χ2v) is 4.82. The molecule has 1 unspecified atom stereocenters. The van der Waals surface area contributed by atoms with E-state index < -0.39 is 0 Å². The number of urea groups is 1. The van der Waals surface area contributed by atoms with Gasteiger partial charge in [-0.05, 0) is 25.7 Å². The van der Waals surface area contributed by atoms with E-state index in [1.54, 1.807) is 0 Å². The van der Waals surface area contributed by atoms with Gasteiger partial charge in [0.2, 0.25) is 0 Å². The molecule has 0 heterocycles. The molecule has 0 bridgehead atoms. The van der Waals surface area contributed by atoms with Crippen LogP contribution in [0, 0.1) is 0 Å². The zero-order chi connectivity index (χ0) is 13.2. The molecule has 5 nitrogen and oxygen atoms in total. The van der Waals surface area contributed by atoms with Crippen LogP contribution in [-0.2, 0) is 4.74 Å². The molecule has 18 heavy (non-hydrogen) atoms. The van der Waals surface area contributed by atoms with E-state index in [0.717, 1.165) is 12.8 Å². The van der Waals surface area contributed by atoms with Crippen molar-refractivity contribution in [3.63, 3.8) is 0 Å².